The zero-order chi connectivity index (χ0) is 16.3. The average Bonchev–Trinajstić information content (AvgIpc) is 2.95. The first-order valence-corrected chi connectivity index (χ1v) is 7.72. The Morgan fingerprint density at radius 2 is 1.86 bits per heavy atom. The van der Waals surface area contributed by atoms with Crippen LogP contribution >= 0.6 is 11.3 Å². The predicted molar refractivity (Wildman–Crippen MR) is 88.3 cm³/mol. The molecule has 1 aromatic heterocycles. The van der Waals surface area contributed by atoms with Crippen molar-refractivity contribution in [2.24, 2.45) is 0 Å². The van der Waals surface area contributed by atoms with Crippen LogP contribution in [0.25, 0.3) is 0 Å². The van der Waals surface area contributed by atoms with Crippen molar-refractivity contribution in [1.29, 1.82) is 0 Å². The zero-order valence-electron chi connectivity index (χ0n) is 13.4. The molecule has 0 radical (unpaired) electrons. The molecule has 0 unspecified atom stereocenters. The number of nitrogens with one attached hydrogen (secondary N) is 1. The summed E-state index contributed by atoms with van der Waals surface area (Å²) in [6, 6.07) is 5.04. The lowest BCUT2D eigenvalue weighted by Gasteiger charge is -2.14. The molecule has 2 aromatic rings. The van der Waals surface area contributed by atoms with Gasteiger partial charge in [-0.25, -0.2) is 4.98 Å². The number of rotatable bonds is 4. The van der Waals surface area contributed by atoms with E-state index in [1.807, 2.05) is 5.38 Å². The predicted octanol–water partition coefficient (Wildman–Crippen LogP) is 3.71. The van der Waals surface area contributed by atoms with Crippen LogP contribution in [0.5, 0.6) is 11.5 Å². The molecule has 1 heterocycles. The van der Waals surface area contributed by atoms with Crippen LogP contribution in [0.4, 0.5) is 5.13 Å². The lowest BCUT2D eigenvalue weighted by atomic mass is 9.93. The summed E-state index contributed by atoms with van der Waals surface area (Å²) in [5, 5.41) is 5.36. The molecule has 22 heavy (non-hydrogen) atoms. The van der Waals surface area contributed by atoms with E-state index < -0.39 is 0 Å². The van der Waals surface area contributed by atoms with Gasteiger partial charge in [0, 0.05) is 16.4 Å². The molecule has 0 saturated heterocycles. The molecule has 0 spiro atoms. The fraction of sp³-hybridized carbons (Fsp3) is 0.375. The normalized spacial score (nSPS) is 11.1. The highest BCUT2D eigenvalue weighted by Gasteiger charge is 2.18. The lowest BCUT2D eigenvalue weighted by Crippen LogP contribution is -2.14. The fourth-order valence-corrected chi connectivity index (χ4v) is 2.75. The van der Waals surface area contributed by atoms with Crippen LogP contribution in [0, 0.1) is 0 Å². The Morgan fingerprint density at radius 3 is 2.41 bits per heavy atom. The summed E-state index contributed by atoms with van der Waals surface area (Å²) in [6.45, 7) is 6.26. The SMILES string of the molecule is COc1ccc(C(=O)Nc2nc(C(C)(C)C)cs2)cc1OC. The third kappa shape index (κ3) is 3.57. The zero-order valence-corrected chi connectivity index (χ0v) is 14.2. The van der Waals surface area contributed by atoms with Gasteiger partial charge in [0.05, 0.1) is 19.9 Å². The Bertz CT molecular complexity index is 674. The van der Waals surface area contributed by atoms with Crippen molar-refractivity contribution >= 4 is 22.4 Å². The minimum Gasteiger partial charge on any atom is -0.493 e. The van der Waals surface area contributed by atoms with E-state index in [2.05, 4.69) is 31.1 Å². The van der Waals surface area contributed by atoms with Gasteiger partial charge in [-0.3, -0.25) is 10.1 Å². The number of benzene rings is 1. The van der Waals surface area contributed by atoms with Crippen molar-refractivity contribution in [2.75, 3.05) is 19.5 Å². The van der Waals surface area contributed by atoms with E-state index in [1.165, 1.54) is 18.4 Å². The van der Waals surface area contributed by atoms with Gasteiger partial charge < -0.3 is 9.47 Å². The second-order valence-electron chi connectivity index (χ2n) is 5.81. The molecule has 2 rings (SSSR count). The van der Waals surface area contributed by atoms with Crippen molar-refractivity contribution in [1.82, 2.24) is 4.98 Å². The van der Waals surface area contributed by atoms with Crippen LogP contribution in [-0.4, -0.2) is 25.1 Å². The van der Waals surface area contributed by atoms with Crippen LogP contribution in [0.15, 0.2) is 23.6 Å². The van der Waals surface area contributed by atoms with Gasteiger partial charge in [-0.1, -0.05) is 20.8 Å². The molecule has 6 heteroatoms. The molecule has 0 saturated carbocycles. The molecule has 5 nitrogen and oxygen atoms in total. The Kier molecular flexibility index (Phi) is 4.71. The summed E-state index contributed by atoms with van der Waals surface area (Å²) in [5.41, 5.74) is 1.41. The molecule has 0 aliphatic heterocycles. The summed E-state index contributed by atoms with van der Waals surface area (Å²) in [6.07, 6.45) is 0. The van der Waals surface area contributed by atoms with E-state index in [0.717, 1.165) is 5.69 Å². The molecule has 0 fully saturated rings. The summed E-state index contributed by atoms with van der Waals surface area (Å²) < 4.78 is 10.4. The van der Waals surface area contributed by atoms with E-state index in [0.29, 0.717) is 22.2 Å². The minimum atomic E-state index is -0.226. The fourth-order valence-electron chi connectivity index (χ4n) is 1.82. The molecule has 118 valence electrons. The number of hydrogen-bond donors (Lipinski definition) is 1. The van der Waals surface area contributed by atoms with Crippen molar-refractivity contribution in [3.63, 3.8) is 0 Å². The van der Waals surface area contributed by atoms with Crippen LogP contribution in [-0.2, 0) is 5.41 Å². The van der Waals surface area contributed by atoms with E-state index in [1.54, 1.807) is 25.3 Å². The molecule has 0 atom stereocenters. The molecular weight excluding hydrogens is 300 g/mol. The molecular formula is C16H20N2O3S. The second-order valence-corrected chi connectivity index (χ2v) is 6.67. The van der Waals surface area contributed by atoms with E-state index in [4.69, 9.17) is 9.47 Å². The monoisotopic (exact) mass is 320 g/mol. The first-order chi connectivity index (χ1) is 10.3. The maximum atomic E-state index is 12.3. The molecule has 1 aromatic carbocycles. The van der Waals surface area contributed by atoms with Crippen LogP contribution < -0.4 is 14.8 Å². The number of methoxy groups -OCH3 is 2. The first-order valence-electron chi connectivity index (χ1n) is 6.84. The van der Waals surface area contributed by atoms with Gasteiger partial charge in [0.1, 0.15) is 0 Å². The van der Waals surface area contributed by atoms with Crippen LogP contribution in [0.1, 0.15) is 36.8 Å². The maximum absolute atomic E-state index is 12.3. The second kappa shape index (κ2) is 6.36. The number of thiazole rings is 1. The number of amides is 1. The number of ether oxygens (including phenoxy) is 2. The summed E-state index contributed by atoms with van der Waals surface area (Å²) in [5.74, 6) is 0.878. The highest BCUT2D eigenvalue weighted by Crippen LogP contribution is 2.29. The Balaban J connectivity index is 2.17. The highest BCUT2D eigenvalue weighted by molar-refractivity contribution is 7.14. The molecule has 0 aliphatic carbocycles. The Labute approximate surface area is 134 Å². The smallest absolute Gasteiger partial charge is 0.257 e. The van der Waals surface area contributed by atoms with Gasteiger partial charge >= 0.3 is 0 Å². The third-order valence-electron chi connectivity index (χ3n) is 3.14. The highest BCUT2D eigenvalue weighted by atomic mass is 32.1. The molecule has 0 aliphatic rings. The average molecular weight is 320 g/mol. The summed E-state index contributed by atoms with van der Waals surface area (Å²) in [4.78, 5) is 16.8. The number of carbonyl (C=O) groups excluding carboxylic acids is 1. The van der Waals surface area contributed by atoms with E-state index in [-0.39, 0.29) is 11.3 Å². The number of nitrogens with zero attached hydrogens (tertiary/aromatic N) is 1. The standard InChI is InChI=1S/C16H20N2O3S/c1-16(2,3)13-9-22-15(17-13)18-14(19)10-6-7-11(20-4)12(8-10)21-5/h6-9H,1-5H3,(H,17,18,19). The van der Waals surface area contributed by atoms with Crippen LogP contribution in [0.3, 0.4) is 0 Å². The first kappa shape index (κ1) is 16.3. The number of anilines is 1. The molecule has 1 N–H and O–H groups in total. The van der Waals surface area contributed by atoms with Gasteiger partial charge in [-0.05, 0) is 18.2 Å². The van der Waals surface area contributed by atoms with Gasteiger partial charge in [-0.2, -0.15) is 0 Å². The van der Waals surface area contributed by atoms with Gasteiger partial charge in [0.15, 0.2) is 16.6 Å². The van der Waals surface area contributed by atoms with Crippen molar-refractivity contribution in [2.45, 2.75) is 26.2 Å². The van der Waals surface area contributed by atoms with Gasteiger partial charge in [0.25, 0.3) is 5.91 Å². The van der Waals surface area contributed by atoms with E-state index >= 15 is 0 Å². The number of hydrogen-bond acceptors (Lipinski definition) is 5. The topological polar surface area (TPSA) is 60.5 Å². The largest absolute Gasteiger partial charge is 0.493 e. The van der Waals surface area contributed by atoms with E-state index in [9.17, 15) is 4.79 Å². The summed E-state index contributed by atoms with van der Waals surface area (Å²) >= 11 is 1.42. The minimum absolute atomic E-state index is 0.0389. The third-order valence-corrected chi connectivity index (χ3v) is 3.90. The lowest BCUT2D eigenvalue weighted by molar-refractivity contribution is 0.102. The number of carbonyl (C=O) groups is 1. The maximum Gasteiger partial charge on any atom is 0.257 e. The Morgan fingerprint density at radius 1 is 1.18 bits per heavy atom. The van der Waals surface area contributed by atoms with Crippen LogP contribution in [0.2, 0.25) is 0 Å². The van der Waals surface area contributed by atoms with Crippen molar-refractivity contribution in [3.8, 4) is 11.5 Å². The van der Waals surface area contributed by atoms with Crippen molar-refractivity contribution < 1.29 is 14.3 Å². The van der Waals surface area contributed by atoms with Crippen molar-refractivity contribution in [3.05, 3.63) is 34.8 Å². The quantitative estimate of drug-likeness (QED) is 0.933. The number of aromatic nitrogens is 1. The molecule has 1 amide bonds. The Hall–Kier alpha value is -2.08. The summed E-state index contributed by atoms with van der Waals surface area (Å²) in [7, 11) is 3.09. The molecule has 0 bridgehead atoms. The van der Waals surface area contributed by atoms with Gasteiger partial charge in [-0.15, -0.1) is 11.3 Å². The van der Waals surface area contributed by atoms with Gasteiger partial charge in [0.2, 0.25) is 0 Å².